The van der Waals surface area contributed by atoms with Crippen molar-refractivity contribution in [3.05, 3.63) is 66.5 Å². The maximum atomic E-state index is 12.3. The van der Waals surface area contributed by atoms with Crippen molar-refractivity contribution >= 4 is 21.4 Å². The Labute approximate surface area is 157 Å². The second kappa shape index (κ2) is 7.63. The highest BCUT2D eigenvalue weighted by Crippen LogP contribution is 2.27. The summed E-state index contributed by atoms with van der Waals surface area (Å²) in [5, 5.41) is 16.6. The van der Waals surface area contributed by atoms with E-state index in [2.05, 4.69) is 10.4 Å². The Bertz CT molecular complexity index is 1040. The van der Waals surface area contributed by atoms with Crippen molar-refractivity contribution in [2.45, 2.75) is 18.2 Å². The minimum absolute atomic E-state index is 0.0571. The smallest absolute Gasteiger partial charge is 0.228 e. The van der Waals surface area contributed by atoms with Gasteiger partial charge in [-0.3, -0.25) is 4.79 Å². The van der Waals surface area contributed by atoms with Gasteiger partial charge in [-0.1, -0.05) is 19.1 Å². The Morgan fingerprint density at radius 1 is 1.19 bits per heavy atom. The van der Waals surface area contributed by atoms with Crippen LogP contribution in [-0.2, 0) is 21.1 Å². The molecule has 3 rings (SSSR count). The lowest BCUT2D eigenvalue weighted by Crippen LogP contribution is -2.15. The largest absolute Gasteiger partial charge is 0.506 e. The Morgan fingerprint density at radius 3 is 2.56 bits per heavy atom. The average Bonchev–Trinajstić information content (AvgIpc) is 3.18. The molecule has 1 heterocycles. The highest BCUT2D eigenvalue weighted by molar-refractivity contribution is 7.91. The average molecular weight is 385 g/mol. The van der Waals surface area contributed by atoms with Gasteiger partial charge in [-0.2, -0.15) is 5.10 Å². The Hall–Kier alpha value is -3.13. The monoisotopic (exact) mass is 385 g/mol. The summed E-state index contributed by atoms with van der Waals surface area (Å²) in [6.07, 6.45) is 3.59. The third kappa shape index (κ3) is 4.35. The number of rotatable bonds is 6. The van der Waals surface area contributed by atoms with Gasteiger partial charge in [0.05, 0.1) is 28.4 Å². The van der Waals surface area contributed by atoms with Gasteiger partial charge >= 0.3 is 0 Å². The molecule has 0 fully saturated rings. The van der Waals surface area contributed by atoms with Crippen molar-refractivity contribution in [1.29, 1.82) is 0 Å². The van der Waals surface area contributed by atoms with Crippen LogP contribution >= 0.6 is 0 Å². The molecule has 27 heavy (non-hydrogen) atoms. The molecule has 0 bridgehead atoms. The number of anilines is 1. The lowest BCUT2D eigenvalue weighted by atomic mass is 10.1. The van der Waals surface area contributed by atoms with Crippen LogP contribution < -0.4 is 5.32 Å². The molecular weight excluding hydrogens is 366 g/mol. The predicted molar refractivity (Wildman–Crippen MR) is 102 cm³/mol. The highest BCUT2D eigenvalue weighted by atomic mass is 32.2. The number of nitrogens with zero attached hydrogens (tertiary/aromatic N) is 2. The molecule has 0 atom stereocenters. The molecule has 0 saturated carbocycles. The molecule has 0 radical (unpaired) electrons. The van der Waals surface area contributed by atoms with E-state index in [1.165, 1.54) is 25.1 Å². The van der Waals surface area contributed by atoms with Crippen molar-refractivity contribution in [2.24, 2.45) is 0 Å². The standard InChI is InChI=1S/C19H19N3O4S/c1-2-27(25,26)16-8-9-18(23)17(13-16)21-19(24)12-14-4-6-15(7-5-14)22-11-3-10-20-22/h3-11,13,23H,2,12H2,1H3,(H,21,24). The van der Waals surface area contributed by atoms with E-state index in [0.29, 0.717) is 0 Å². The van der Waals surface area contributed by atoms with E-state index >= 15 is 0 Å². The summed E-state index contributed by atoms with van der Waals surface area (Å²) in [6.45, 7) is 1.54. The summed E-state index contributed by atoms with van der Waals surface area (Å²) in [5.74, 6) is -0.607. The van der Waals surface area contributed by atoms with Crippen molar-refractivity contribution in [3.63, 3.8) is 0 Å². The van der Waals surface area contributed by atoms with Crippen molar-refractivity contribution in [3.8, 4) is 11.4 Å². The number of hydrogen-bond acceptors (Lipinski definition) is 5. The van der Waals surface area contributed by atoms with Gasteiger partial charge in [0, 0.05) is 12.4 Å². The van der Waals surface area contributed by atoms with E-state index in [-0.39, 0.29) is 34.4 Å². The van der Waals surface area contributed by atoms with Crippen molar-refractivity contribution in [2.75, 3.05) is 11.1 Å². The normalized spacial score (nSPS) is 11.3. The maximum absolute atomic E-state index is 12.3. The van der Waals surface area contributed by atoms with Gasteiger partial charge in [-0.05, 0) is 42.0 Å². The fourth-order valence-electron chi connectivity index (χ4n) is 2.54. The van der Waals surface area contributed by atoms with Gasteiger partial charge in [0.25, 0.3) is 0 Å². The Balaban J connectivity index is 1.72. The topological polar surface area (TPSA) is 101 Å². The van der Waals surface area contributed by atoms with Crippen LogP contribution in [-0.4, -0.2) is 35.0 Å². The number of aromatic hydroxyl groups is 1. The van der Waals surface area contributed by atoms with Gasteiger partial charge in [-0.25, -0.2) is 13.1 Å². The number of phenolic OH excluding ortho intramolecular Hbond substituents is 1. The van der Waals surface area contributed by atoms with E-state index in [9.17, 15) is 18.3 Å². The molecule has 2 aromatic carbocycles. The van der Waals surface area contributed by atoms with Crippen molar-refractivity contribution < 1.29 is 18.3 Å². The quantitative estimate of drug-likeness (QED) is 0.635. The van der Waals surface area contributed by atoms with E-state index < -0.39 is 9.84 Å². The van der Waals surface area contributed by atoms with E-state index in [0.717, 1.165) is 11.3 Å². The molecule has 1 aromatic heterocycles. The summed E-state index contributed by atoms with van der Waals surface area (Å²) >= 11 is 0. The summed E-state index contributed by atoms with van der Waals surface area (Å²) in [5.41, 5.74) is 1.72. The number of carbonyl (C=O) groups is 1. The van der Waals surface area contributed by atoms with Gasteiger partial charge < -0.3 is 10.4 Å². The van der Waals surface area contributed by atoms with E-state index in [4.69, 9.17) is 0 Å². The van der Waals surface area contributed by atoms with Gasteiger partial charge in [0.15, 0.2) is 9.84 Å². The Kier molecular flexibility index (Phi) is 5.27. The first-order chi connectivity index (χ1) is 12.9. The van der Waals surface area contributed by atoms with E-state index in [1.54, 1.807) is 10.9 Å². The number of nitrogens with one attached hydrogen (secondary N) is 1. The van der Waals surface area contributed by atoms with E-state index in [1.807, 2.05) is 36.5 Å². The third-order valence-electron chi connectivity index (χ3n) is 4.05. The SMILES string of the molecule is CCS(=O)(=O)c1ccc(O)c(NC(=O)Cc2ccc(-n3cccn3)cc2)c1. The molecule has 0 unspecified atom stereocenters. The van der Waals surface area contributed by atoms with Crippen molar-refractivity contribution in [1.82, 2.24) is 9.78 Å². The second-order valence-corrected chi connectivity index (χ2v) is 8.20. The second-order valence-electron chi connectivity index (χ2n) is 5.92. The molecule has 1 amide bonds. The zero-order valence-electron chi connectivity index (χ0n) is 14.7. The number of sulfone groups is 1. The van der Waals surface area contributed by atoms with Crippen LogP contribution in [0.2, 0.25) is 0 Å². The molecule has 0 saturated heterocycles. The lowest BCUT2D eigenvalue weighted by Gasteiger charge is -2.10. The number of aromatic nitrogens is 2. The zero-order valence-corrected chi connectivity index (χ0v) is 15.5. The first-order valence-corrected chi connectivity index (χ1v) is 9.99. The number of benzene rings is 2. The van der Waals surface area contributed by atoms with Crippen LogP contribution in [0.15, 0.2) is 65.8 Å². The van der Waals surface area contributed by atoms with Crippen LogP contribution in [0.25, 0.3) is 5.69 Å². The Morgan fingerprint density at radius 2 is 1.93 bits per heavy atom. The first-order valence-electron chi connectivity index (χ1n) is 8.33. The van der Waals surface area contributed by atoms with Crippen LogP contribution in [0.3, 0.4) is 0 Å². The molecule has 0 aliphatic heterocycles. The molecule has 3 aromatic rings. The summed E-state index contributed by atoms with van der Waals surface area (Å²) in [6, 6.07) is 13.0. The van der Waals surface area contributed by atoms with Crippen LogP contribution in [0.5, 0.6) is 5.75 Å². The van der Waals surface area contributed by atoms with Crippen LogP contribution in [0, 0.1) is 0 Å². The molecule has 0 aliphatic rings. The summed E-state index contributed by atoms with van der Waals surface area (Å²) < 4.78 is 25.6. The summed E-state index contributed by atoms with van der Waals surface area (Å²) in [4.78, 5) is 12.3. The molecule has 7 nitrogen and oxygen atoms in total. The highest BCUT2D eigenvalue weighted by Gasteiger charge is 2.15. The lowest BCUT2D eigenvalue weighted by molar-refractivity contribution is -0.115. The van der Waals surface area contributed by atoms with Crippen LogP contribution in [0.1, 0.15) is 12.5 Å². The number of hydrogen-bond donors (Lipinski definition) is 2. The maximum Gasteiger partial charge on any atom is 0.228 e. The molecule has 140 valence electrons. The van der Waals surface area contributed by atoms with Crippen LogP contribution in [0.4, 0.5) is 5.69 Å². The number of amides is 1. The fraction of sp³-hybridized carbons (Fsp3) is 0.158. The first kappa shape index (κ1) is 18.7. The molecular formula is C19H19N3O4S. The van der Waals surface area contributed by atoms with Gasteiger partial charge in [-0.15, -0.1) is 0 Å². The summed E-state index contributed by atoms with van der Waals surface area (Å²) in [7, 11) is -3.43. The molecule has 0 spiro atoms. The van der Waals surface area contributed by atoms with Gasteiger partial charge in [0.1, 0.15) is 5.75 Å². The molecule has 8 heteroatoms. The minimum Gasteiger partial charge on any atom is -0.506 e. The predicted octanol–water partition coefficient (Wildman–Crippen LogP) is 2.55. The van der Waals surface area contributed by atoms with Gasteiger partial charge in [0.2, 0.25) is 5.91 Å². The molecule has 0 aliphatic carbocycles. The fourth-order valence-corrected chi connectivity index (χ4v) is 3.45. The zero-order chi connectivity index (χ0) is 19.4. The minimum atomic E-state index is -3.43. The number of carbonyl (C=O) groups excluding carboxylic acids is 1. The number of phenols is 1. The molecule has 2 N–H and O–H groups in total. The third-order valence-corrected chi connectivity index (χ3v) is 5.78.